The number of rotatable bonds is 9. The Morgan fingerprint density at radius 2 is 1.69 bits per heavy atom. The zero-order chi connectivity index (χ0) is 24.9. The van der Waals surface area contributed by atoms with Crippen LogP contribution in [0.15, 0.2) is 42.5 Å². The van der Waals surface area contributed by atoms with Crippen LogP contribution in [0.2, 0.25) is 0 Å². The maximum Gasteiger partial charge on any atom is 0.137 e. The molecule has 1 saturated heterocycles. The van der Waals surface area contributed by atoms with Gasteiger partial charge in [-0.15, -0.1) is 0 Å². The lowest BCUT2D eigenvalue weighted by atomic mass is 10.1. The summed E-state index contributed by atoms with van der Waals surface area (Å²) >= 11 is 0. The number of phenolic OH excluding ortho intramolecular Hbond substituents is 1. The van der Waals surface area contributed by atoms with E-state index in [1.807, 2.05) is 29.8 Å². The van der Waals surface area contributed by atoms with E-state index in [0.29, 0.717) is 5.75 Å². The second-order valence-corrected chi connectivity index (χ2v) is 9.34. The Hall–Kier alpha value is -2.90. The molecule has 2 aromatic carbocycles. The Labute approximate surface area is 208 Å². The molecule has 0 bridgehead atoms. The average molecular weight is 480 g/mol. The minimum Gasteiger partial charge on any atom is -0.508 e. The number of benzene rings is 2. The highest BCUT2D eigenvalue weighted by Gasteiger charge is 2.27. The molecule has 1 fully saturated rings. The Kier molecular flexibility index (Phi) is 8.08. The summed E-state index contributed by atoms with van der Waals surface area (Å²) in [4.78, 5) is 7.35. The van der Waals surface area contributed by atoms with Crippen molar-refractivity contribution in [3.8, 4) is 11.4 Å². The van der Waals surface area contributed by atoms with Gasteiger partial charge >= 0.3 is 0 Å². The highest BCUT2D eigenvalue weighted by molar-refractivity contribution is 5.56. The van der Waals surface area contributed by atoms with Crippen LogP contribution in [0.4, 0.5) is 10.2 Å². The molecule has 0 atom stereocenters. The summed E-state index contributed by atoms with van der Waals surface area (Å²) in [5.74, 6) is 1.22. The van der Waals surface area contributed by atoms with Crippen LogP contribution in [0.25, 0.3) is 5.69 Å². The zero-order valence-corrected chi connectivity index (χ0v) is 21.5. The fourth-order valence-corrected chi connectivity index (χ4v) is 4.87. The fourth-order valence-electron chi connectivity index (χ4n) is 4.87. The number of aromatic nitrogens is 2. The number of anilines is 1. The number of hydrogen-bond acceptors (Lipinski definition) is 5. The monoisotopic (exact) mass is 479 g/mol. The molecular weight excluding hydrogens is 441 g/mol. The van der Waals surface area contributed by atoms with Crippen LogP contribution >= 0.6 is 0 Å². The summed E-state index contributed by atoms with van der Waals surface area (Å²) in [6.45, 7) is 16.0. The lowest BCUT2D eigenvalue weighted by molar-refractivity contribution is 0.264. The van der Waals surface area contributed by atoms with E-state index in [1.54, 1.807) is 6.07 Å². The molecule has 188 valence electrons. The molecule has 0 saturated carbocycles. The molecule has 0 unspecified atom stereocenters. The van der Waals surface area contributed by atoms with Crippen molar-refractivity contribution in [2.45, 2.75) is 47.2 Å². The highest BCUT2D eigenvalue weighted by Crippen LogP contribution is 2.31. The third-order valence-electron chi connectivity index (χ3n) is 7.06. The van der Waals surface area contributed by atoms with Gasteiger partial charge in [-0.2, -0.15) is 5.10 Å². The van der Waals surface area contributed by atoms with Gasteiger partial charge in [-0.05, 0) is 67.9 Å². The van der Waals surface area contributed by atoms with Crippen LogP contribution < -0.4 is 4.90 Å². The first-order chi connectivity index (χ1) is 16.9. The second kappa shape index (κ2) is 11.2. The van der Waals surface area contributed by atoms with Crippen molar-refractivity contribution in [2.75, 3.05) is 44.2 Å². The van der Waals surface area contributed by atoms with Crippen molar-refractivity contribution in [1.82, 2.24) is 19.6 Å². The van der Waals surface area contributed by atoms with Gasteiger partial charge in [-0.25, -0.2) is 9.07 Å². The Balaban J connectivity index is 1.71. The van der Waals surface area contributed by atoms with Crippen molar-refractivity contribution in [2.24, 2.45) is 0 Å². The fraction of sp³-hybridized carbons (Fsp3) is 0.464. The van der Waals surface area contributed by atoms with E-state index in [1.165, 1.54) is 23.3 Å². The van der Waals surface area contributed by atoms with Crippen molar-refractivity contribution in [3.63, 3.8) is 0 Å². The van der Waals surface area contributed by atoms with E-state index >= 15 is 0 Å². The molecule has 2 heterocycles. The number of phenols is 1. The SMILES string of the molecule is CCc1nn(-c2ccc(F)cc2)c(N2CCN(CC)CC2)c1CN(CC)Cc1ccc(O)c(C)c1. The predicted octanol–water partition coefficient (Wildman–Crippen LogP) is 4.75. The smallest absolute Gasteiger partial charge is 0.137 e. The van der Waals surface area contributed by atoms with Gasteiger partial charge in [0.1, 0.15) is 17.4 Å². The molecule has 0 aliphatic carbocycles. The lowest BCUT2D eigenvalue weighted by Gasteiger charge is -2.36. The standard InChI is InChI=1S/C28H38FN5O/c1-5-26-25(20-32(7-3)19-22-8-13-27(35)21(4)18-22)28(33-16-14-31(6-2)15-17-33)34(30-26)24-11-9-23(29)10-12-24/h8-13,18,35H,5-7,14-17,19-20H2,1-4H3. The van der Waals surface area contributed by atoms with E-state index in [2.05, 4.69) is 41.5 Å². The molecule has 1 aliphatic heterocycles. The molecule has 7 heteroatoms. The molecule has 1 N–H and O–H groups in total. The van der Waals surface area contributed by atoms with Gasteiger partial charge in [0.05, 0.1) is 11.4 Å². The molecule has 0 spiro atoms. The van der Waals surface area contributed by atoms with Gasteiger partial charge in [0, 0.05) is 44.8 Å². The summed E-state index contributed by atoms with van der Waals surface area (Å²) in [5, 5.41) is 15.0. The molecule has 0 amide bonds. The number of nitrogens with zero attached hydrogens (tertiary/aromatic N) is 5. The van der Waals surface area contributed by atoms with E-state index < -0.39 is 0 Å². The third-order valence-corrected chi connectivity index (χ3v) is 7.06. The van der Waals surface area contributed by atoms with Crippen LogP contribution in [0.3, 0.4) is 0 Å². The maximum atomic E-state index is 13.7. The van der Waals surface area contributed by atoms with Gasteiger partial charge in [-0.3, -0.25) is 4.90 Å². The minimum absolute atomic E-state index is 0.240. The molecule has 4 rings (SSSR count). The van der Waals surface area contributed by atoms with Gasteiger partial charge in [0.15, 0.2) is 0 Å². The molecule has 1 aromatic heterocycles. The molecule has 1 aliphatic rings. The maximum absolute atomic E-state index is 13.7. The first-order valence-corrected chi connectivity index (χ1v) is 12.8. The minimum atomic E-state index is -0.240. The number of hydrogen-bond donors (Lipinski definition) is 1. The first kappa shape index (κ1) is 25.2. The van der Waals surface area contributed by atoms with Crippen molar-refractivity contribution < 1.29 is 9.50 Å². The zero-order valence-electron chi connectivity index (χ0n) is 21.5. The van der Waals surface area contributed by atoms with Crippen LogP contribution in [0, 0.1) is 12.7 Å². The largest absolute Gasteiger partial charge is 0.508 e. The van der Waals surface area contributed by atoms with E-state index in [4.69, 9.17) is 5.10 Å². The van der Waals surface area contributed by atoms with Crippen molar-refractivity contribution >= 4 is 5.82 Å². The Morgan fingerprint density at radius 1 is 0.971 bits per heavy atom. The highest BCUT2D eigenvalue weighted by atomic mass is 19.1. The van der Waals surface area contributed by atoms with Crippen LogP contribution in [0.5, 0.6) is 5.75 Å². The quantitative estimate of drug-likeness (QED) is 0.480. The van der Waals surface area contributed by atoms with Gasteiger partial charge < -0.3 is 14.9 Å². The topological polar surface area (TPSA) is 47.8 Å². The van der Waals surface area contributed by atoms with E-state index in [-0.39, 0.29) is 5.82 Å². The number of likely N-dealkylation sites (N-methyl/N-ethyl adjacent to an activating group) is 1. The average Bonchev–Trinajstić information content (AvgIpc) is 3.24. The van der Waals surface area contributed by atoms with E-state index in [0.717, 1.165) is 81.5 Å². The number of piperazine rings is 1. The number of aryl methyl sites for hydroxylation is 2. The number of halogens is 1. The summed E-state index contributed by atoms with van der Waals surface area (Å²) in [6.07, 6.45) is 0.835. The van der Waals surface area contributed by atoms with Gasteiger partial charge in [-0.1, -0.05) is 32.9 Å². The van der Waals surface area contributed by atoms with Crippen LogP contribution in [-0.2, 0) is 19.5 Å². The molecule has 3 aromatic rings. The number of aromatic hydroxyl groups is 1. The molecule has 0 radical (unpaired) electrons. The predicted molar refractivity (Wildman–Crippen MR) is 140 cm³/mol. The molecule has 6 nitrogen and oxygen atoms in total. The van der Waals surface area contributed by atoms with E-state index in [9.17, 15) is 9.50 Å². The summed E-state index contributed by atoms with van der Waals surface area (Å²) in [5.41, 5.74) is 5.30. The summed E-state index contributed by atoms with van der Waals surface area (Å²) in [6, 6.07) is 12.5. The summed E-state index contributed by atoms with van der Waals surface area (Å²) < 4.78 is 15.7. The van der Waals surface area contributed by atoms with Crippen LogP contribution in [0.1, 0.15) is 43.2 Å². The third kappa shape index (κ3) is 5.68. The normalized spacial score (nSPS) is 14.7. The summed E-state index contributed by atoms with van der Waals surface area (Å²) in [7, 11) is 0. The molecule has 35 heavy (non-hydrogen) atoms. The van der Waals surface area contributed by atoms with Crippen molar-refractivity contribution in [1.29, 1.82) is 0 Å². The van der Waals surface area contributed by atoms with Crippen LogP contribution in [-0.4, -0.2) is 64.0 Å². The first-order valence-electron chi connectivity index (χ1n) is 12.8. The van der Waals surface area contributed by atoms with Gasteiger partial charge in [0.25, 0.3) is 0 Å². The second-order valence-electron chi connectivity index (χ2n) is 9.34. The van der Waals surface area contributed by atoms with Crippen molar-refractivity contribution in [3.05, 3.63) is 70.7 Å². The Morgan fingerprint density at radius 3 is 2.29 bits per heavy atom. The Bertz CT molecular complexity index is 1120. The molecular formula is C28H38FN5O. The van der Waals surface area contributed by atoms with Gasteiger partial charge in [0.2, 0.25) is 0 Å². The lowest BCUT2D eigenvalue weighted by Crippen LogP contribution is -2.47.